The minimum Gasteiger partial charge on any atom is -0.376 e. The fraction of sp³-hybridized carbons (Fsp3) is 0.542. The second kappa shape index (κ2) is 9.22. The van der Waals surface area contributed by atoms with Crippen LogP contribution in [-0.2, 0) is 9.53 Å². The predicted molar refractivity (Wildman–Crippen MR) is 117 cm³/mol. The summed E-state index contributed by atoms with van der Waals surface area (Å²) < 4.78 is 11.3. The van der Waals surface area contributed by atoms with E-state index in [1.807, 2.05) is 13.8 Å². The van der Waals surface area contributed by atoms with Gasteiger partial charge in [0.15, 0.2) is 11.5 Å². The third-order valence-electron chi connectivity index (χ3n) is 5.94. The van der Waals surface area contributed by atoms with Gasteiger partial charge >= 0.3 is 0 Å². The Labute approximate surface area is 183 Å². The second-order valence-electron chi connectivity index (χ2n) is 8.83. The molecule has 31 heavy (non-hydrogen) atoms. The van der Waals surface area contributed by atoms with Crippen molar-refractivity contribution in [1.82, 2.24) is 15.4 Å². The number of hydrogen-bond donors (Lipinski definition) is 1. The molecular weight excluding hydrogens is 394 g/mol. The largest absolute Gasteiger partial charge is 0.376 e. The van der Waals surface area contributed by atoms with E-state index in [2.05, 4.69) is 29.5 Å². The fourth-order valence-corrected chi connectivity index (χ4v) is 4.30. The van der Waals surface area contributed by atoms with Gasteiger partial charge < -0.3 is 19.5 Å². The van der Waals surface area contributed by atoms with Crippen molar-refractivity contribution in [3.8, 4) is 11.3 Å². The summed E-state index contributed by atoms with van der Waals surface area (Å²) in [6, 6.07) is 6.21. The molecule has 2 fully saturated rings. The SMILES string of the molecule is Cc1cc(C)c(-c2cc(C(=O)N(CCC(=O)NC3CC3)CC3CCCO3)no2)c(C)c1. The Morgan fingerprint density at radius 1 is 1.13 bits per heavy atom. The first-order valence-electron chi connectivity index (χ1n) is 11.2. The highest BCUT2D eigenvalue weighted by molar-refractivity contribution is 5.93. The Hall–Kier alpha value is -2.67. The average Bonchev–Trinajstić information content (AvgIpc) is 3.16. The van der Waals surface area contributed by atoms with Crippen molar-refractivity contribution in [2.45, 2.75) is 65.0 Å². The molecule has 2 aromatic rings. The van der Waals surface area contributed by atoms with Gasteiger partial charge in [0.1, 0.15) is 0 Å². The molecule has 1 aliphatic carbocycles. The predicted octanol–water partition coefficient (Wildman–Crippen LogP) is 3.56. The molecule has 1 saturated heterocycles. The van der Waals surface area contributed by atoms with Gasteiger partial charge in [-0.3, -0.25) is 9.59 Å². The maximum Gasteiger partial charge on any atom is 0.276 e. The monoisotopic (exact) mass is 425 g/mol. The van der Waals surface area contributed by atoms with Gasteiger partial charge in [0.25, 0.3) is 5.91 Å². The van der Waals surface area contributed by atoms with Crippen LogP contribution in [0.3, 0.4) is 0 Å². The van der Waals surface area contributed by atoms with Gasteiger partial charge in [-0.1, -0.05) is 22.9 Å². The lowest BCUT2D eigenvalue weighted by Crippen LogP contribution is -2.40. The molecule has 166 valence electrons. The molecule has 0 bridgehead atoms. The van der Waals surface area contributed by atoms with Gasteiger partial charge in [-0.15, -0.1) is 0 Å². The highest BCUT2D eigenvalue weighted by Gasteiger charge is 2.28. The van der Waals surface area contributed by atoms with E-state index in [4.69, 9.17) is 9.26 Å². The highest BCUT2D eigenvalue weighted by Crippen LogP contribution is 2.29. The van der Waals surface area contributed by atoms with Crippen molar-refractivity contribution in [1.29, 1.82) is 0 Å². The van der Waals surface area contributed by atoms with E-state index in [0.29, 0.717) is 24.9 Å². The van der Waals surface area contributed by atoms with Crippen LogP contribution in [0, 0.1) is 20.8 Å². The van der Waals surface area contributed by atoms with E-state index in [0.717, 1.165) is 49.0 Å². The van der Waals surface area contributed by atoms with Crippen molar-refractivity contribution >= 4 is 11.8 Å². The Morgan fingerprint density at radius 2 is 1.87 bits per heavy atom. The van der Waals surface area contributed by atoms with Gasteiger partial charge in [-0.05, 0) is 57.6 Å². The van der Waals surface area contributed by atoms with Crippen molar-refractivity contribution in [2.24, 2.45) is 0 Å². The number of aryl methyl sites for hydroxylation is 3. The van der Waals surface area contributed by atoms with Gasteiger partial charge in [0, 0.05) is 43.8 Å². The van der Waals surface area contributed by atoms with Gasteiger partial charge in [0.2, 0.25) is 5.91 Å². The number of nitrogens with one attached hydrogen (secondary N) is 1. The third-order valence-corrected chi connectivity index (χ3v) is 5.94. The molecule has 2 amide bonds. The van der Waals surface area contributed by atoms with Crippen LogP contribution in [0.4, 0.5) is 0 Å². The highest BCUT2D eigenvalue weighted by atomic mass is 16.5. The standard InChI is InChI=1S/C24H31N3O4/c1-15-11-16(2)23(17(3)12-15)21-13-20(26-31-21)24(29)27(14-19-5-4-10-30-19)9-8-22(28)25-18-6-7-18/h11-13,18-19H,4-10,14H2,1-3H3,(H,25,28). The number of nitrogens with zero attached hydrogens (tertiary/aromatic N) is 2. The van der Waals surface area contributed by atoms with Crippen LogP contribution >= 0.6 is 0 Å². The number of amides is 2. The molecular formula is C24H31N3O4. The summed E-state index contributed by atoms with van der Waals surface area (Å²) in [5, 5.41) is 7.05. The lowest BCUT2D eigenvalue weighted by atomic mass is 9.98. The Bertz CT molecular complexity index is 934. The molecule has 2 aliphatic rings. The van der Waals surface area contributed by atoms with E-state index in [1.165, 1.54) is 5.56 Å². The first kappa shape index (κ1) is 21.6. The normalized spacial score (nSPS) is 18.2. The summed E-state index contributed by atoms with van der Waals surface area (Å²) in [4.78, 5) is 27.1. The van der Waals surface area contributed by atoms with Crippen LogP contribution in [0.5, 0.6) is 0 Å². The summed E-state index contributed by atoms with van der Waals surface area (Å²) in [7, 11) is 0. The zero-order chi connectivity index (χ0) is 22.0. The lowest BCUT2D eigenvalue weighted by Gasteiger charge is -2.24. The Morgan fingerprint density at radius 3 is 2.52 bits per heavy atom. The van der Waals surface area contributed by atoms with Crippen LogP contribution in [0.1, 0.15) is 59.3 Å². The van der Waals surface area contributed by atoms with Crippen LogP contribution in [0.15, 0.2) is 22.7 Å². The number of rotatable bonds is 8. The number of aromatic nitrogens is 1. The minimum absolute atomic E-state index is 0.00315. The first-order chi connectivity index (χ1) is 14.9. The summed E-state index contributed by atoms with van der Waals surface area (Å²) in [5.74, 6) is 0.341. The van der Waals surface area contributed by atoms with E-state index in [1.54, 1.807) is 11.0 Å². The van der Waals surface area contributed by atoms with Crippen molar-refractivity contribution in [3.63, 3.8) is 0 Å². The van der Waals surface area contributed by atoms with Crippen molar-refractivity contribution in [2.75, 3.05) is 19.7 Å². The molecule has 4 rings (SSSR count). The van der Waals surface area contributed by atoms with Crippen LogP contribution in [-0.4, -0.2) is 53.7 Å². The first-order valence-corrected chi connectivity index (χ1v) is 11.2. The maximum absolute atomic E-state index is 13.3. The molecule has 1 saturated carbocycles. The number of carbonyl (C=O) groups is 2. The Balaban J connectivity index is 1.49. The van der Waals surface area contributed by atoms with Crippen LogP contribution in [0.25, 0.3) is 11.3 Å². The zero-order valence-corrected chi connectivity index (χ0v) is 18.6. The fourth-order valence-electron chi connectivity index (χ4n) is 4.30. The number of carbonyl (C=O) groups excluding carboxylic acids is 2. The third kappa shape index (κ3) is 5.34. The molecule has 0 spiro atoms. The van der Waals surface area contributed by atoms with E-state index >= 15 is 0 Å². The molecule has 7 nitrogen and oxygen atoms in total. The summed E-state index contributed by atoms with van der Waals surface area (Å²) >= 11 is 0. The van der Waals surface area contributed by atoms with Crippen molar-refractivity contribution < 1.29 is 18.8 Å². The molecule has 1 atom stereocenters. The molecule has 7 heteroatoms. The second-order valence-corrected chi connectivity index (χ2v) is 8.83. The van der Waals surface area contributed by atoms with Crippen LogP contribution in [0.2, 0.25) is 0 Å². The number of hydrogen-bond acceptors (Lipinski definition) is 5. The smallest absolute Gasteiger partial charge is 0.276 e. The van der Waals surface area contributed by atoms with E-state index < -0.39 is 0 Å². The summed E-state index contributed by atoms with van der Waals surface area (Å²) in [6.07, 6.45) is 4.28. The van der Waals surface area contributed by atoms with Gasteiger partial charge in [0.05, 0.1) is 6.10 Å². The topological polar surface area (TPSA) is 84.7 Å². The molecule has 2 heterocycles. The van der Waals surface area contributed by atoms with Crippen molar-refractivity contribution in [3.05, 3.63) is 40.6 Å². The van der Waals surface area contributed by atoms with Gasteiger partial charge in [-0.25, -0.2) is 0 Å². The number of ether oxygens (including phenoxy) is 1. The summed E-state index contributed by atoms with van der Waals surface area (Å²) in [6.45, 7) is 7.63. The molecule has 1 aliphatic heterocycles. The molecule has 1 unspecified atom stereocenters. The zero-order valence-electron chi connectivity index (χ0n) is 18.6. The average molecular weight is 426 g/mol. The molecule has 1 aromatic heterocycles. The van der Waals surface area contributed by atoms with Crippen LogP contribution < -0.4 is 5.32 Å². The number of benzene rings is 1. The lowest BCUT2D eigenvalue weighted by molar-refractivity contribution is -0.121. The Kier molecular flexibility index (Phi) is 6.41. The maximum atomic E-state index is 13.3. The summed E-state index contributed by atoms with van der Waals surface area (Å²) in [5.41, 5.74) is 4.57. The minimum atomic E-state index is -0.230. The van der Waals surface area contributed by atoms with E-state index in [-0.39, 0.29) is 30.0 Å². The molecule has 0 radical (unpaired) electrons. The molecule has 1 aromatic carbocycles. The van der Waals surface area contributed by atoms with Gasteiger partial charge in [-0.2, -0.15) is 0 Å². The quantitative estimate of drug-likeness (QED) is 0.699. The molecule has 1 N–H and O–H groups in total. The van der Waals surface area contributed by atoms with E-state index in [9.17, 15) is 9.59 Å².